The summed E-state index contributed by atoms with van der Waals surface area (Å²) in [4.78, 5) is 33.1. The van der Waals surface area contributed by atoms with E-state index in [0.717, 1.165) is 12.1 Å². The second-order valence-corrected chi connectivity index (χ2v) is 5.17. The Kier molecular flexibility index (Phi) is 5.36. The van der Waals surface area contributed by atoms with E-state index in [0.29, 0.717) is 11.5 Å². The largest absolute Gasteiger partial charge is 0.497 e. The van der Waals surface area contributed by atoms with Crippen molar-refractivity contribution in [3.05, 3.63) is 61.7 Å². The molecule has 0 saturated carbocycles. The molecule has 0 aliphatic rings. The van der Waals surface area contributed by atoms with Crippen molar-refractivity contribution in [3.8, 4) is 11.5 Å². The molecule has 2 aromatic carbocycles. The summed E-state index contributed by atoms with van der Waals surface area (Å²) in [7, 11) is 2.86. The minimum atomic E-state index is -0.771. The number of methoxy groups -OCH3 is 2. The van der Waals surface area contributed by atoms with Crippen LogP contribution in [0.2, 0.25) is 0 Å². The summed E-state index contributed by atoms with van der Waals surface area (Å²) in [5.74, 6) is 0.0509. The second-order valence-electron chi connectivity index (χ2n) is 5.17. The number of hydrogen-bond donors (Lipinski definition) is 1. The smallest absolute Gasteiger partial charge is 0.279 e. The van der Waals surface area contributed by atoms with Gasteiger partial charge in [0.2, 0.25) is 0 Å². The highest BCUT2D eigenvalue weighted by Gasteiger charge is 2.25. The quantitative estimate of drug-likeness (QED) is 0.617. The first-order valence-corrected chi connectivity index (χ1v) is 7.25. The molecule has 0 bridgehead atoms. The van der Waals surface area contributed by atoms with Gasteiger partial charge in [-0.1, -0.05) is 0 Å². The van der Waals surface area contributed by atoms with Crippen LogP contribution in [0.4, 0.5) is 17.1 Å². The zero-order chi connectivity index (χ0) is 19.4. The third kappa shape index (κ3) is 3.69. The standard InChI is InChI=1S/C16H15N3O7/c1-9-13(18(21)22)6-10(7-14(9)19(23)24)16(20)17-12-5-4-11(25-2)8-15(12)26-3/h4-8H,1-3H3,(H,17,20). The maximum atomic E-state index is 12.5. The van der Waals surface area contributed by atoms with Crippen LogP contribution in [-0.4, -0.2) is 30.0 Å². The van der Waals surface area contributed by atoms with Crippen molar-refractivity contribution < 1.29 is 24.1 Å². The van der Waals surface area contributed by atoms with Crippen LogP contribution >= 0.6 is 0 Å². The van der Waals surface area contributed by atoms with E-state index in [4.69, 9.17) is 9.47 Å². The zero-order valence-electron chi connectivity index (χ0n) is 14.1. The number of carbonyl (C=O) groups excluding carboxylic acids is 1. The third-order valence-electron chi connectivity index (χ3n) is 3.67. The molecular weight excluding hydrogens is 346 g/mol. The fourth-order valence-corrected chi connectivity index (χ4v) is 2.29. The van der Waals surface area contributed by atoms with Crippen molar-refractivity contribution in [1.29, 1.82) is 0 Å². The van der Waals surface area contributed by atoms with E-state index < -0.39 is 27.1 Å². The molecule has 0 atom stereocenters. The molecule has 0 unspecified atom stereocenters. The summed E-state index contributed by atoms with van der Waals surface area (Å²) in [5.41, 5.74) is -1.08. The number of benzene rings is 2. The van der Waals surface area contributed by atoms with Crippen molar-refractivity contribution in [3.63, 3.8) is 0 Å². The third-order valence-corrected chi connectivity index (χ3v) is 3.67. The lowest BCUT2D eigenvalue weighted by Gasteiger charge is -2.12. The summed E-state index contributed by atoms with van der Waals surface area (Å²) >= 11 is 0. The normalized spacial score (nSPS) is 10.1. The summed E-state index contributed by atoms with van der Waals surface area (Å²) in [6, 6.07) is 6.63. The van der Waals surface area contributed by atoms with Gasteiger partial charge in [0.1, 0.15) is 17.1 Å². The van der Waals surface area contributed by atoms with Gasteiger partial charge in [-0.25, -0.2) is 0 Å². The lowest BCUT2D eigenvalue weighted by Crippen LogP contribution is -2.14. The molecule has 0 saturated heterocycles. The van der Waals surface area contributed by atoms with Gasteiger partial charge in [-0.3, -0.25) is 25.0 Å². The van der Waals surface area contributed by atoms with Crippen LogP contribution in [-0.2, 0) is 0 Å². The van der Waals surface area contributed by atoms with E-state index in [1.807, 2.05) is 0 Å². The molecule has 0 aliphatic carbocycles. The molecule has 0 spiro atoms. The van der Waals surface area contributed by atoms with E-state index in [9.17, 15) is 25.0 Å². The first-order valence-electron chi connectivity index (χ1n) is 7.25. The molecular formula is C16H15N3O7. The second kappa shape index (κ2) is 7.47. The van der Waals surface area contributed by atoms with E-state index in [1.165, 1.54) is 33.3 Å². The number of rotatable bonds is 6. The van der Waals surface area contributed by atoms with E-state index in [-0.39, 0.29) is 16.8 Å². The number of ether oxygens (including phenoxy) is 2. The molecule has 136 valence electrons. The maximum absolute atomic E-state index is 12.5. The van der Waals surface area contributed by atoms with Crippen molar-refractivity contribution in [2.24, 2.45) is 0 Å². The minimum Gasteiger partial charge on any atom is -0.497 e. The first kappa shape index (κ1) is 18.6. The van der Waals surface area contributed by atoms with E-state index in [1.54, 1.807) is 6.07 Å². The topological polar surface area (TPSA) is 134 Å². The van der Waals surface area contributed by atoms with Crippen molar-refractivity contribution in [2.75, 3.05) is 19.5 Å². The Hall–Kier alpha value is -3.69. The number of hydrogen-bond acceptors (Lipinski definition) is 7. The number of nitro benzene ring substituents is 2. The molecule has 0 radical (unpaired) electrons. The van der Waals surface area contributed by atoms with Gasteiger partial charge in [-0.2, -0.15) is 0 Å². The lowest BCUT2D eigenvalue weighted by atomic mass is 10.1. The Morgan fingerprint density at radius 2 is 1.58 bits per heavy atom. The van der Waals surface area contributed by atoms with Gasteiger partial charge in [0, 0.05) is 18.2 Å². The number of anilines is 1. The Labute approximate surface area is 147 Å². The molecule has 10 heteroatoms. The molecule has 1 amide bonds. The van der Waals surface area contributed by atoms with Gasteiger partial charge in [0.15, 0.2) is 0 Å². The van der Waals surface area contributed by atoms with Gasteiger partial charge in [-0.15, -0.1) is 0 Å². The maximum Gasteiger partial charge on any atom is 0.279 e. The highest BCUT2D eigenvalue weighted by atomic mass is 16.6. The minimum absolute atomic E-state index is 0.126. The van der Waals surface area contributed by atoms with Crippen LogP contribution in [0.15, 0.2) is 30.3 Å². The molecule has 26 heavy (non-hydrogen) atoms. The number of nitro groups is 2. The van der Waals surface area contributed by atoms with E-state index in [2.05, 4.69) is 5.32 Å². The van der Waals surface area contributed by atoms with Crippen molar-refractivity contribution >= 4 is 23.0 Å². The number of nitrogens with one attached hydrogen (secondary N) is 1. The number of carbonyl (C=O) groups is 1. The Morgan fingerprint density at radius 1 is 1.00 bits per heavy atom. The van der Waals surface area contributed by atoms with Crippen LogP contribution < -0.4 is 14.8 Å². The molecule has 2 aromatic rings. The van der Waals surface area contributed by atoms with Gasteiger partial charge in [0.05, 0.1) is 35.3 Å². The molecule has 10 nitrogen and oxygen atoms in total. The fourth-order valence-electron chi connectivity index (χ4n) is 2.29. The molecule has 2 rings (SSSR count). The van der Waals surface area contributed by atoms with Crippen molar-refractivity contribution in [1.82, 2.24) is 0 Å². The molecule has 1 N–H and O–H groups in total. The van der Waals surface area contributed by atoms with Gasteiger partial charge in [-0.05, 0) is 19.1 Å². The van der Waals surface area contributed by atoms with Crippen LogP contribution in [0, 0.1) is 27.2 Å². The van der Waals surface area contributed by atoms with Gasteiger partial charge >= 0.3 is 0 Å². The Bertz CT molecular complexity index is 860. The van der Waals surface area contributed by atoms with Crippen molar-refractivity contribution in [2.45, 2.75) is 6.92 Å². The summed E-state index contributed by atoms with van der Waals surface area (Å²) in [6.07, 6.45) is 0. The first-order chi connectivity index (χ1) is 12.3. The van der Waals surface area contributed by atoms with Gasteiger partial charge < -0.3 is 14.8 Å². The fraction of sp³-hybridized carbons (Fsp3) is 0.188. The van der Waals surface area contributed by atoms with E-state index >= 15 is 0 Å². The highest BCUT2D eigenvalue weighted by Crippen LogP contribution is 2.32. The van der Waals surface area contributed by atoms with Crippen LogP contribution in [0.5, 0.6) is 11.5 Å². The molecule has 0 aliphatic heterocycles. The van der Waals surface area contributed by atoms with Crippen LogP contribution in [0.3, 0.4) is 0 Å². The highest BCUT2D eigenvalue weighted by molar-refractivity contribution is 6.06. The molecule has 0 fully saturated rings. The average molecular weight is 361 g/mol. The SMILES string of the molecule is COc1ccc(NC(=O)c2cc([N+](=O)[O-])c(C)c([N+](=O)[O-])c2)c(OC)c1. The van der Waals surface area contributed by atoms with Crippen LogP contribution in [0.25, 0.3) is 0 Å². The Balaban J connectivity index is 2.44. The lowest BCUT2D eigenvalue weighted by molar-refractivity contribution is -0.395. The summed E-state index contributed by atoms with van der Waals surface area (Å²) < 4.78 is 10.2. The Morgan fingerprint density at radius 3 is 2.04 bits per heavy atom. The number of nitrogens with zero attached hydrogens (tertiary/aromatic N) is 2. The predicted molar refractivity (Wildman–Crippen MR) is 92.0 cm³/mol. The number of amides is 1. The molecule has 0 heterocycles. The zero-order valence-corrected chi connectivity index (χ0v) is 14.1. The van der Waals surface area contributed by atoms with Crippen LogP contribution in [0.1, 0.15) is 15.9 Å². The molecule has 0 aromatic heterocycles. The monoisotopic (exact) mass is 361 g/mol. The van der Waals surface area contributed by atoms with Gasteiger partial charge in [0.25, 0.3) is 17.3 Å². The summed E-state index contributed by atoms with van der Waals surface area (Å²) in [5, 5.41) is 24.8. The predicted octanol–water partition coefficient (Wildman–Crippen LogP) is 3.08. The average Bonchev–Trinajstić information content (AvgIpc) is 2.61. The summed E-state index contributed by atoms with van der Waals surface area (Å²) in [6.45, 7) is 1.25.